The molecule has 1 amide bonds. The summed E-state index contributed by atoms with van der Waals surface area (Å²) < 4.78 is 58.8. The van der Waals surface area contributed by atoms with E-state index in [9.17, 15) is 22.4 Å². The van der Waals surface area contributed by atoms with Gasteiger partial charge in [0.25, 0.3) is 5.91 Å². The maximum atomic E-state index is 14.4. The Kier molecular flexibility index (Phi) is 4.46. The minimum absolute atomic E-state index is 0.0303. The number of alkyl halides is 3. The monoisotopic (exact) mass is 470 g/mol. The maximum Gasteiger partial charge on any atom is 0.417 e. The number of piperidine rings is 1. The normalized spacial score (nSPS) is 26.9. The Balaban J connectivity index is 1.26. The van der Waals surface area contributed by atoms with Gasteiger partial charge in [-0.1, -0.05) is 0 Å². The van der Waals surface area contributed by atoms with Crippen molar-refractivity contribution in [1.82, 2.24) is 19.9 Å². The lowest BCUT2D eigenvalue weighted by Gasteiger charge is -2.46. The Bertz CT molecular complexity index is 1280. The summed E-state index contributed by atoms with van der Waals surface area (Å²) in [7, 11) is 0. The predicted octanol–water partition coefficient (Wildman–Crippen LogP) is 4.38. The highest BCUT2D eigenvalue weighted by Gasteiger charge is 2.76. The molecule has 2 saturated carbocycles. The fraction of sp³-hybridized carbons (Fsp3) is 0.333. The van der Waals surface area contributed by atoms with Gasteiger partial charge in [-0.05, 0) is 49.1 Å². The van der Waals surface area contributed by atoms with Gasteiger partial charge in [-0.2, -0.15) is 13.2 Å². The van der Waals surface area contributed by atoms with Gasteiger partial charge in [0.2, 0.25) is 5.88 Å². The molecule has 1 saturated heterocycles. The van der Waals surface area contributed by atoms with Crippen molar-refractivity contribution in [2.45, 2.75) is 31.2 Å². The molecular formula is C24H18F4N4O2. The van der Waals surface area contributed by atoms with Crippen LogP contribution in [0.25, 0.3) is 11.3 Å². The first kappa shape index (κ1) is 21.0. The molecule has 1 spiro atoms. The average Bonchev–Trinajstić information content (AvgIpc) is 3.47. The van der Waals surface area contributed by atoms with Crippen molar-refractivity contribution in [2.75, 3.05) is 6.54 Å². The van der Waals surface area contributed by atoms with E-state index in [1.807, 2.05) is 0 Å². The summed E-state index contributed by atoms with van der Waals surface area (Å²) in [4.78, 5) is 27.4. The maximum absolute atomic E-state index is 14.4. The lowest BCUT2D eigenvalue weighted by atomic mass is 9.73. The lowest BCUT2D eigenvalue weighted by molar-refractivity contribution is -0.137. The van der Waals surface area contributed by atoms with E-state index in [1.165, 1.54) is 30.6 Å². The van der Waals surface area contributed by atoms with Gasteiger partial charge in [0.15, 0.2) is 0 Å². The van der Waals surface area contributed by atoms with Crippen molar-refractivity contribution in [3.63, 3.8) is 0 Å². The minimum Gasteiger partial charge on any atom is -0.472 e. The van der Waals surface area contributed by atoms with Gasteiger partial charge in [-0.3, -0.25) is 14.8 Å². The second kappa shape index (κ2) is 7.22. The quantitative estimate of drug-likeness (QED) is 0.530. The SMILES string of the molecule is O=C(c1ncccc1-c1ncccc1F)N1CC2CC23CC(Oc2ccc(C(F)(F)F)cn2)C13. The Hall–Kier alpha value is -3.56. The van der Waals surface area contributed by atoms with E-state index < -0.39 is 17.6 Å². The van der Waals surface area contributed by atoms with Crippen molar-refractivity contribution in [3.8, 4) is 17.1 Å². The smallest absolute Gasteiger partial charge is 0.417 e. The van der Waals surface area contributed by atoms with Gasteiger partial charge in [0.05, 0.1) is 11.6 Å². The molecule has 0 radical (unpaired) electrons. The van der Waals surface area contributed by atoms with Crippen molar-refractivity contribution in [1.29, 1.82) is 0 Å². The molecule has 2 aliphatic carbocycles. The number of likely N-dealkylation sites (tertiary alicyclic amines) is 1. The summed E-state index contributed by atoms with van der Waals surface area (Å²) in [6.45, 7) is 0.532. The van der Waals surface area contributed by atoms with E-state index in [0.29, 0.717) is 24.4 Å². The lowest BCUT2D eigenvalue weighted by Crippen LogP contribution is -2.59. The molecule has 0 aromatic carbocycles. The van der Waals surface area contributed by atoms with Gasteiger partial charge < -0.3 is 9.64 Å². The van der Waals surface area contributed by atoms with Crippen LogP contribution in [-0.4, -0.2) is 44.4 Å². The van der Waals surface area contributed by atoms with Crippen LogP contribution in [0.5, 0.6) is 5.88 Å². The zero-order valence-electron chi connectivity index (χ0n) is 17.7. The second-order valence-corrected chi connectivity index (χ2v) is 9.01. The van der Waals surface area contributed by atoms with Crippen LogP contribution in [0.3, 0.4) is 0 Å². The minimum atomic E-state index is -4.48. The third-order valence-corrected chi connectivity index (χ3v) is 7.18. The highest BCUT2D eigenvalue weighted by Crippen LogP contribution is 2.71. The number of rotatable bonds is 4. The summed E-state index contributed by atoms with van der Waals surface area (Å²) in [6, 6.07) is 7.86. The number of aromatic nitrogens is 3. The molecule has 6 rings (SSSR count). The zero-order chi connectivity index (χ0) is 23.7. The van der Waals surface area contributed by atoms with Crippen molar-refractivity contribution in [3.05, 3.63) is 72.1 Å². The summed E-state index contributed by atoms with van der Waals surface area (Å²) in [5.74, 6) is -0.464. The Morgan fingerprint density at radius 2 is 1.85 bits per heavy atom. The molecule has 3 aromatic rings. The zero-order valence-corrected chi connectivity index (χ0v) is 17.7. The number of hydrogen-bond donors (Lipinski definition) is 0. The van der Waals surface area contributed by atoms with E-state index in [4.69, 9.17) is 4.74 Å². The number of carbonyl (C=O) groups excluding carboxylic acids is 1. The highest BCUT2D eigenvalue weighted by molar-refractivity contribution is 5.99. The summed E-state index contributed by atoms with van der Waals surface area (Å²) >= 11 is 0. The van der Waals surface area contributed by atoms with E-state index in [-0.39, 0.29) is 40.7 Å². The van der Waals surface area contributed by atoms with Gasteiger partial charge in [0, 0.05) is 42.2 Å². The Morgan fingerprint density at radius 3 is 2.59 bits per heavy atom. The molecule has 3 aromatic heterocycles. The Labute approximate surface area is 191 Å². The third-order valence-electron chi connectivity index (χ3n) is 7.18. The van der Waals surface area contributed by atoms with E-state index in [2.05, 4.69) is 15.0 Å². The molecule has 3 aliphatic rings. The molecule has 4 atom stereocenters. The van der Waals surface area contributed by atoms with Crippen LogP contribution >= 0.6 is 0 Å². The van der Waals surface area contributed by atoms with Gasteiger partial charge in [-0.25, -0.2) is 9.37 Å². The number of hydrogen-bond acceptors (Lipinski definition) is 5. The molecule has 34 heavy (non-hydrogen) atoms. The van der Waals surface area contributed by atoms with Gasteiger partial charge in [-0.15, -0.1) is 0 Å². The largest absolute Gasteiger partial charge is 0.472 e. The molecule has 1 aliphatic heterocycles. The van der Waals surface area contributed by atoms with Crippen LogP contribution in [0.4, 0.5) is 17.6 Å². The number of amides is 1. The number of pyridine rings is 3. The standard InChI is InChI=1S/C24H18F4N4O2/c25-16-4-2-8-29-19(16)15-3-1-7-30-20(15)22(33)32-12-14-9-23(14)10-17(21(23)32)34-18-6-5-13(11-31-18)24(26,27)28/h1-8,11,14,17,21H,9-10,12H2. The first-order chi connectivity index (χ1) is 16.3. The molecule has 10 heteroatoms. The van der Waals surface area contributed by atoms with Crippen LogP contribution in [0.15, 0.2) is 55.0 Å². The van der Waals surface area contributed by atoms with Crippen molar-refractivity contribution >= 4 is 5.91 Å². The van der Waals surface area contributed by atoms with Gasteiger partial charge >= 0.3 is 6.18 Å². The first-order valence-corrected chi connectivity index (χ1v) is 10.8. The van der Waals surface area contributed by atoms with Gasteiger partial charge in [0.1, 0.15) is 23.3 Å². The molecule has 3 fully saturated rings. The molecule has 0 N–H and O–H groups in total. The molecule has 6 nitrogen and oxygen atoms in total. The molecular weight excluding hydrogens is 452 g/mol. The number of halogens is 4. The van der Waals surface area contributed by atoms with Crippen molar-refractivity contribution in [2.24, 2.45) is 11.3 Å². The second-order valence-electron chi connectivity index (χ2n) is 9.01. The van der Waals surface area contributed by atoms with Crippen molar-refractivity contribution < 1.29 is 27.1 Å². The van der Waals surface area contributed by atoms with Crippen LogP contribution in [0, 0.1) is 17.2 Å². The number of ether oxygens (including phenoxy) is 1. The summed E-state index contributed by atoms with van der Waals surface area (Å²) in [5.41, 5.74) is -0.420. The molecule has 4 unspecified atom stereocenters. The Morgan fingerprint density at radius 1 is 1.06 bits per heavy atom. The molecule has 174 valence electrons. The summed E-state index contributed by atoms with van der Waals surface area (Å²) in [6.07, 6.45) is 0.486. The van der Waals surface area contributed by atoms with Crippen LogP contribution in [-0.2, 0) is 6.18 Å². The highest BCUT2D eigenvalue weighted by atomic mass is 19.4. The van der Waals surface area contributed by atoms with E-state index >= 15 is 0 Å². The molecule has 4 heterocycles. The fourth-order valence-corrected chi connectivity index (χ4v) is 5.51. The average molecular weight is 470 g/mol. The topological polar surface area (TPSA) is 68.2 Å². The van der Waals surface area contributed by atoms with E-state index in [0.717, 1.165) is 18.7 Å². The van der Waals surface area contributed by atoms with Crippen LogP contribution < -0.4 is 4.74 Å². The fourth-order valence-electron chi connectivity index (χ4n) is 5.51. The number of nitrogens with zero attached hydrogens (tertiary/aromatic N) is 4. The summed E-state index contributed by atoms with van der Waals surface area (Å²) in [5, 5.41) is 0. The first-order valence-electron chi connectivity index (χ1n) is 10.8. The number of carbonyl (C=O) groups is 1. The third kappa shape index (κ3) is 3.15. The van der Waals surface area contributed by atoms with Crippen LogP contribution in [0.2, 0.25) is 0 Å². The predicted molar refractivity (Wildman–Crippen MR) is 111 cm³/mol. The van der Waals surface area contributed by atoms with E-state index in [1.54, 1.807) is 17.0 Å². The molecule has 0 bridgehead atoms. The van der Waals surface area contributed by atoms with Crippen LogP contribution in [0.1, 0.15) is 28.9 Å².